The zero-order chi connectivity index (χ0) is 16.4. The van der Waals surface area contributed by atoms with Gasteiger partial charge in [0.15, 0.2) is 0 Å². The number of rotatable bonds is 7. The van der Waals surface area contributed by atoms with Crippen LogP contribution in [0.1, 0.15) is 0 Å². The number of hydrogen-bond donors (Lipinski definition) is 3. The first-order valence-electron chi connectivity index (χ1n) is 6.64. The zero-order valence-electron chi connectivity index (χ0n) is 11.9. The molecule has 4 amide bonds. The number of amides is 4. The SMILES string of the molecule is O=[C]CNC(=O)N(C(=O)N(CCO)CCO)c1ccccc1. The number of benzene rings is 1. The lowest BCUT2D eigenvalue weighted by Gasteiger charge is -2.28. The molecule has 22 heavy (non-hydrogen) atoms. The maximum absolute atomic E-state index is 12.5. The van der Waals surface area contributed by atoms with Crippen molar-refractivity contribution in [2.75, 3.05) is 37.7 Å². The Morgan fingerprint density at radius 3 is 2.18 bits per heavy atom. The molecule has 1 aromatic rings. The third-order valence-corrected chi connectivity index (χ3v) is 2.73. The third kappa shape index (κ3) is 4.83. The van der Waals surface area contributed by atoms with Crippen molar-refractivity contribution >= 4 is 24.0 Å². The molecule has 8 heteroatoms. The molecule has 0 aromatic heterocycles. The van der Waals surface area contributed by atoms with Gasteiger partial charge in [0.2, 0.25) is 6.29 Å². The molecular weight excluding hydrogens is 290 g/mol. The largest absolute Gasteiger partial charge is 0.395 e. The Kier molecular flexibility index (Phi) is 7.58. The van der Waals surface area contributed by atoms with Gasteiger partial charge in [-0.2, -0.15) is 0 Å². The Labute approximate surface area is 127 Å². The van der Waals surface area contributed by atoms with Crippen LogP contribution in [0.5, 0.6) is 0 Å². The molecule has 0 saturated carbocycles. The summed E-state index contributed by atoms with van der Waals surface area (Å²) in [7, 11) is 0. The van der Waals surface area contributed by atoms with E-state index in [4.69, 9.17) is 10.2 Å². The quantitative estimate of drug-likeness (QED) is 0.641. The van der Waals surface area contributed by atoms with Gasteiger partial charge in [0.25, 0.3) is 0 Å². The summed E-state index contributed by atoms with van der Waals surface area (Å²) in [5, 5.41) is 20.2. The predicted octanol–water partition coefficient (Wildman–Crippen LogP) is -0.281. The molecule has 8 nitrogen and oxygen atoms in total. The molecule has 0 aliphatic carbocycles. The lowest BCUT2D eigenvalue weighted by Crippen LogP contribution is -2.52. The van der Waals surface area contributed by atoms with Crippen molar-refractivity contribution in [2.24, 2.45) is 0 Å². The van der Waals surface area contributed by atoms with Gasteiger partial charge in [-0.05, 0) is 12.1 Å². The molecule has 0 unspecified atom stereocenters. The molecule has 3 N–H and O–H groups in total. The van der Waals surface area contributed by atoms with E-state index in [1.54, 1.807) is 30.3 Å². The Hall–Kier alpha value is -2.45. The third-order valence-electron chi connectivity index (χ3n) is 2.73. The highest BCUT2D eigenvalue weighted by Gasteiger charge is 2.27. The van der Waals surface area contributed by atoms with E-state index in [1.807, 2.05) is 0 Å². The minimum Gasteiger partial charge on any atom is -0.395 e. The van der Waals surface area contributed by atoms with Crippen LogP contribution in [0.15, 0.2) is 30.3 Å². The first-order valence-corrected chi connectivity index (χ1v) is 6.64. The molecular formula is C14H18N3O5. The van der Waals surface area contributed by atoms with E-state index in [0.29, 0.717) is 5.69 Å². The standard InChI is InChI=1S/C14H18N3O5/c18-9-6-15-13(21)17(12-4-2-1-3-5-12)14(22)16(7-10-19)8-11-20/h1-5,19-20H,6-8,10-11H2,(H,15,21). The number of nitrogens with zero attached hydrogens (tertiary/aromatic N) is 2. The van der Waals surface area contributed by atoms with Gasteiger partial charge in [0.1, 0.15) is 0 Å². The number of hydrogen-bond acceptors (Lipinski definition) is 5. The van der Waals surface area contributed by atoms with Gasteiger partial charge in [-0.1, -0.05) is 18.2 Å². The van der Waals surface area contributed by atoms with Crippen LogP contribution in [0.2, 0.25) is 0 Å². The number of carbonyl (C=O) groups is 2. The van der Waals surface area contributed by atoms with E-state index < -0.39 is 12.1 Å². The van der Waals surface area contributed by atoms with E-state index in [-0.39, 0.29) is 32.8 Å². The Morgan fingerprint density at radius 1 is 1.09 bits per heavy atom. The topological polar surface area (TPSA) is 110 Å². The monoisotopic (exact) mass is 308 g/mol. The molecule has 119 valence electrons. The molecule has 0 fully saturated rings. The minimum absolute atomic E-state index is 0.0319. The number of urea groups is 2. The molecule has 0 atom stereocenters. The molecule has 0 heterocycles. The van der Waals surface area contributed by atoms with E-state index >= 15 is 0 Å². The summed E-state index contributed by atoms with van der Waals surface area (Å²) in [6.45, 7) is -1.03. The van der Waals surface area contributed by atoms with Crippen LogP contribution in [0, 0.1) is 0 Å². The molecule has 1 rings (SSSR count). The number of aliphatic hydroxyl groups excluding tert-OH is 2. The van der Waals surface area contributed by atoms with Gasteiger partial charge in [-0.3, -0.25) is 4.79 Å². The number of aliphatic hydroxyl groups is 2. The lowest BCUT2D eigenvalue weighted by molar-refractivity contribution is 0.163. The number of carbonyl (C=O) groups excluding carboxylic acids is 3. The summed E-state index contributed by atoms with van der Waals surface area (Å²) >= 11 is 0. The fourth-order valence-corrected chi connectivity index (χ4v) is 1.77. The second-order valence-corrected chi connectivity index (χ2v) is 4.19. The predicted molar refractivity (Wildman–Crippen MR) is 79.2 cm³/mol. The Balaban J connectivity index is 3.05. The van der Waals surface area contributed by atoms with Gasteiger partial charge < -0.3 is 20.4 Å². The van der Waals surface area contributed by atoms with Gasteiger partial charge >= 0.3 is 12.1 Å². The molecule has 1 radical (unpaired) electrons. The molecule has 0 saturated heterocycles. The van der Waals surface area contributed by atoms with Crippen LogP contribution in [-0.4, -0.2) is 66.3 Å². The van der Waals surface area contributed by atoms with Crippen LogP contribution >= 0.6 is 0 Å². The average molecular weight is 308 g/mol. The van der Waals surface area contributed by atoms with E-state index in [1.165, 1.54) is 6.29 Å². The Morgan fingerprint density at radius 2 is 1.68 bits per heavy atom. The summed E-state index contributed by atoms with van der Waals surface area (Å²) in [6.07, 6.45) is 1.51. The fraction of sp³-hybridized carbons (Fsp3) is 0.357. The molecule has 1 aromatic carbocycles. The van der Waals surface area contributed by atoms with Crippen molar-refractivity contribution < 1.29 is 24.6 Å². The minimum atomic E-state index is -0.791. The van der Waals surface area contributed by atoms with Crippen molar-refractivity contribution in [2.45, 2.75) is 0 Å². The maximum Gasteiger partial charge on any atom is 0.332 e. The van der Waals surface area contributed by atoms with Crippen LogP contribution in [0.4, 0.5) is 15.3 Å². The molecule has 0 spiro atoms. The van der Waals surface area contributed by atoms with Crippen molar-refractivity contribution in [1.82, 2.24) is 10.2 Å². The van der Waals surface area contributed by atoms with Crippen LogP contribution in [-0.2, 0) is 4.79 Å². The first kappa shape index (κ1) is 17.6. The fourth-order valence-electron chi connectivity index (χ4n) is 1.77. The van der Waals surface area contributed by atoms with E-state index in [0.717, 1.165) is 9.80 Å². The first-order chi connectivity index (χ1) is 10.7. The van der Waals surface area contributed by atoms with E-state index in [2.05, 4.69) is 5.32 Å². The number of imide groups is 1. The van der Waals surface area contributed by atoms with Crippen molar-refractivity contribution in [1.29, 1.82) is 0 Å². The van der Waals surface area contributed by atoms with Crippen LogP contribution in [0.25, 0.3) is 0 Å². The highest BCUT2D eigenvalue weighted by molar-refractivity contribution is 6.13. The van der Waals surface area contributed by atoms with Crippen molar-refractivity contribution in [3.8, 4) is 0 Å². The van der Waals surface area contributed by atoms with Crippen molar-refractivity contribution in [3.05, 3.63) is 30.3 Å². The van der Waals surface area contributed by atoms with E-state index in [9.17, 15) is 14.4 Å². The number of para-hydroxylation sites is 1. The zero-order valence-corrected chi connectivity index (χ0v) is 11.9. The second-order valence-electron chi connectivity index (χ2n) is 4.19. The summed E-state index contributed by atoms with van der Waals surface area (Å²) < 4.78 is 0. The lowest BCUT2D eigenvalue weighted by atomic mass is 10.3. The average Bonchev–Trinajstić information content (AvgIpc) is 2.54. The second kappa shape index (κ2) is 9.48. The highest BCUT2D eigenvalue weighted by atomic mass is 16.3. The van der Waals surface area contributed by atoms with Gasteiger partial charge in [-0.25, -0.2) is 14.5 Å². The van der Waals surface area contributed by atoms with Gasteiger partial charge in [0.05, 0.1) is 25.4 Å². The summed E-state index contributed by atoms with van der Waals surface area (Å²) in [5.74, 6) is 0. The summed E-state index contributed by atoms with van der Waals surface area (Å²) in [5.41, 5.74) is 0.303. The molecule has 0 aliphatic heterocycles. The molecule has 0 bridgehead atoms. The smallest absolute Gasteiger partial charge is 0.332 e. The molecule has 0 aliphatic rings. The number of nitrogens with one attached hydrogen (secondary N) is 1. The van der Waals surface area contributed by atoms with Gasteiger partial charge in [-0.15, -0.1) is 0 Å². The van der Waals surface area contributed by atoms with Crippen LogP contribution in [0.3, 0.4) is 0 Å². The highest BCUT2D eigenvalue weighted by Crippen LogP contribution is 2.15. The maximum atomic E-state index is 12.5. The normalized spacial score (nSPS) is 9.91. The van der Waals surface area contributed by atoms with Gasteiger partial charge in [0, 0.05) is 13.1 Å². The number of anilines is 1. The summed E-state index contributed by atoms with van der Waals surface area (Å²) in [4.78, 5) is 36.8. The van der Waals surface area contributed by atoms with Crippen LogP contribution < -0.4 is 10.2 Å². The Bertz CT molecular complexity index is 489. The van der Waals surface area contributed by atoms with Crippen molar-refractivity contribution in [3.63, 3.8) is 0 Å². The summed E-state index contributed by atoms with van der Waals surface area (Å²) in [6, 6.07) is 6.63.